The van der Waals surface area contributed by atoms with Crippen molar-refractivity contribution in [3.8, 4) is 0 Å². The van der Waals surface area contributed by atoms with Crippen LogP contribution in [0.3, 0.4) is 0 Å². The monoisotopic (exact) mass is 427 g/mol. The summed E-state index contributed by atoms with van der Waals surface area (Å²) in [4.78, 5) is 0. The first-order valence-electron chi connectivity index (χ1n) is 8.58. The molecule has 0 saturated carbocycles. The highest BCUT2D eigenvalue weighted by atomic mass is 31.2. The highest BCUT2D eigenvalue weighted by Crippen LogP contribution is 2.66. The van der Waals surface area contributed by atoms with Crippen molar-refractivity contribution in [2.45, 2.75) is 51.3 Å². The first kappa shape index (κ1) is 22.2. The Labute approximate surface area is 150 Å². The summed E-state index contributed by atoms with van der Waals surface area (Å²) in [6.07, 6.45) is -7.04. The first-order chi connectivity index (χ1) is 11.7. The number of alkyl halides is 6. The van der Waals surface area contributed by atoms with Crippen LogP contribution in [-0.2, 0) is 9.05 Å². The molecule has 4 nitrogen and oxygen atoms in total. The predicted octanol–water partition coefficient (Wildman–Crippen LogP) is 5.56. The van der Waals surface area contributed by atoms with Crippen LogP contribution in [0.5, 0.6) is 0 Å². The zero-order chi connectivity index (χ0) is 19.9. The lowest BCUT2D eigenvalue weighted by Crippen LogP contribution is -2.57. The zero-order valence-corrected chi connectivity index (χ0v) is 17.1. The van der Waals surface area contributed by atoms with Crippen LogP contribution in [0.15, 0.2) is 4.41 Å². The molecule has 3 rings (SSSR count). The second-order valence-corrected chi connectivity index (χ2v) is 15.5. The SMILES string of the molecule is C[Si](C)(C)N=P(OCC(F)(F)F)(OCC(F)(F)F)[N+]12CCC(CC1)CC2. The second-order valence-electron chi connectivity index (χ2n) is 8.04. The molecule has 0 aromatic rings. The molecule has 0 atom stereocenters. The normalized spacial score (nSPS) is 27.7. The molecule has 0 aliphatic carbocycles. The van der Waals surface area contributed by atoms with Gasteiger partial charge in [-0.2, -0.15) is 26.3 Å². The zero-order valence-electron chi connectivity index (χ0n) is 15.2. The molecule has 0 spiro atoms. The average Bonchev–Trinajstić information content (AvgIpc) is 2.49. The fraction of sp³-hybridized carbons (Fsp3) is 1.00. The lowest BCUT2D eigenvalue weighted by Gasteiger charge is -2.53. The molecule has 3 fully saturated rings. The van der Waals surface area contributed by atoms with Gasteiger partial charge in [-0.1, -0.05) is 0 Å². The van der Waals surface area contributed by atoms with Crippen LogP contribution in [0.25, 0.3) is 0 Å². The van der Waals surface area contributed by atoms with Gasteiger partial charge in [0.25, 0.3) is 0 Å². The molecule has 2 bridgehead atoms. The van der Waals surface area contributed by atoms with E-state index in [4.69, 9.17) is 9.05 Å². The molecule has 0 amide bonds. The van der Waals surface area contributed by atoms with Crippen LogP contribution in [-0.4, -0.2) is 57.7 Å². The van der Waals surface area contributed by atoms with Gasteiger partial charge in [0.15, 0.2) is 21.4 Å². The van der Waals surface area contributed by atoms with Gasteiger partial charge in [0.05, 0.1) is 19.6 Å². The molecule has 154 valence electrons. The molecule has 0 unspecified atom stereocenters. The van der Waals surface area contributed by atoms with Gasteiger partial charge in [-0.3, -0.25) is 13.3 Å². The maximum absolute atomic E-state index is 12.9. The highest BCUT2D eigenvalue weighted by molar-refractivity contribution is 7.51. The van der Waals surface area contributed by atoms with Crippen molar-refractivity contribution >= 4 is 15.9 Å². The third-order valence-corrected chi connectivity index (χ3v) is 10.6. The Morgan fingerprint density at radius 3 is 1.58 bits per heavy atom. The minimum atomic E-state index is -4.66. The summed E-state index contributed by atoms with van der Waals surface area (Å²) in [5, 5.41) is 0. The quantitative estimate of drug-likeness (QED) is 0.316. The van der Waals surface area contributed by atoms with Crippen molar-refractivity contribution in [2.75, 3.05) is 32.8 Å². The Morgan fingerprint density at radius 2 is 1.27 bits per heavy atom. The smallest absolute Gasteiger partial charge is 0.270 e. The number of halogens is 6. The molecule has 12 heteroatoms. The minimum Gasteiger partial charge on any atom is -0.270 e. The van der Waals surface area contributed by atoms with E-state index in [0.717, 1.165) is 19.3 Å². The van der Waals surface area contributed by atoms with Crippen molar-refractivity contribution < 1.29 is 39.6 Å². The molecule has 0 N–H and O–H groups in total. The lowest BCUT2D eigenvalue weighted by molar-refractivity contribution is -0.839. The van der Waals surface area contributed by atoms with Crippen molar-refractivity contribution in [3.63, 3.8) is 0 Å². The summed E-state index contributed by atoms with van der Waals surface area (Å²) in [5.74, 6) is 0.481. The van der Waals surface area contributed by atoms with Gasteiger partial charge in [0.2, 0.25) is 0 Å². The molecular weight excluding hydrogens is 401 g/mol. The number of hydrogen-bond acceptors (Lipinski definition) is 3. The van der Waals surface area contributed by atoms with Crippen LogP contribution >= 0.6 is 7.66 Å². The molecule has 0 aromatic carbocycles. The van der Waals surface area contributed by atoms with Crippen LogP contribution in [0, 0.1) is 5.92 Å². The van der Waals surface area contributed by atoms with E-state index in [0.29, 0.717) is 25.6 Å². The number of fused-ring (bicyclic) bond motifs is 3. The summed E-state index contributed by atoms with van der Waals surface area (Å²) in [5.41, 5.74) is 0. The molecule has 3 aliphatic rings. The van der Waals surface area contributed by atoms with Gasteiger partial charge in [-0.05, 0) is 25.6 Å². The van der Waals surface area contributed by atoms with E-state index >= 15 is 0 Å². The Hall–Kier alpha value is -0.0931. The summed E-state index contributed by atoms with van der Waals surface area (Å²) in [6, 6.07) is 0. The number of nitrogens with zero attached hydrogens (tertiary/aromatic N) is 2. The Bertz CT molecular complexity index is 517. The molecule has 0 aromatic heterocycles. The molecule has 3 saturated heterocycles. The second kappa shape index (κ2) is 7.38. The maximum Gasteiger partial charge on any atom is 0.412 e. The van der Waals surface area contributed by atoms with E-state index < -0.39 is 41.5 Å². The molecule has 26 heavy (non-hydrogen) atoms. The third-order valence-electron chi connectivity index (χ3n) is 4.62. The summed E-state index contributed by atoms with van der Waals surface area (Å²) >= 11 is 0. The fourth-order valence-corrected chi connectivity index (χ4v) is 10.1. The van der Waals surface area contributed by atoms with Crippen molar-refractivity contribution in [2.24, 2.45) is 10.3 Å². The Kier molecular flexibility index (Phi) is 6.30. The molecule has 3 heterocycles. The first-order valence-corrected chi connectivity index (χ1v) is 13.6. The van der Waals surface area contributed by atoms with Gasteiger partial charge in [-0.15, -0.1) is 0 Å². The van der Waals surface area contributed by atoms with Crippen molar-refractivity contribution in [1.29, 1.82) is 0 Å². The molecular formula is C14H26F6N2O2PSi+. The largest absolute Gasteiger partial charge is 0.412 e. The van der Waals surface area contributed by atoms with E-state index in [-0.39, 0.29) is 4.25 Å². The lowest BCUT2D eigenvalue weighted by atomic mass is 9.88. The number of quaternary nitrogens is 1. The summed E-state index contributed by atoms with van der Waals surface area (Å²) in [6.45, 7) is 3.40. The van der Waals surface area contributed by atoms with Gasteiger partial charge >= 0.3 is 20.0 Å². The minimum absolute atomic E-state index is 0.0000694. The Morgan fingerprint density at radius 1 is 0.885 bits per heavy atom. The molecule has 0 radical (unpaired) electrons. The van der Waals surface area contributed by atoms with Crippen LogP contribution in [0.1, 0.15) is 19.3 Å². The van der Waals surface area contributed by atoms with E-state index in [9.17, 15) is 26.3 Å². The van der Waals surface area contributed by atoms with E-state index in [1.165, 1.54) is 0 Å². The van der Waals surface area contributed by atoms with Crippen molar-refractivity contribution in [3.05, 3.63) is 0 Å². The van der Waals surface area contributed by atoms with Gasteiger partial charge in [0.1, 0.15) is 0 Å². The third kappa shape index (κ3) is 5.70. The molecule has 3 aliphatic heterocycles. The van der Waals surface area contributed by atoms with Gasteiger partial charge < -0.3 is 0 Å². The predicted molar refractivity (Wildman–Crippen MR) is 88.9 cm³/mol. The number of piperidine rings is 3. The van der Waals surface area contributed by atoms with Crippen LogP contribution in [0.2, 0.25) is 19.6 Å². The Balaban J connectivity index is 2.49. The van der Waals surface area contributed by atoms with E-state index in [1.54, 1.807) is 19.6 Å². The van der Waals surface area contributed by atoms with E-state index in [1.807, 2.05) is 0 Å². The van der Waals surface area contributed by atoms with Crippen LogP contribution < -0.4 is 0 Å². The summed E-state index contributed by atoms with van der Waals surface area (Å²) < 4.78 is 92.2. The maximum atomic E-state index is 12.9. The summed E-state index contributed by atoms with van der Waals surface area (Å²) in [7, 11) is -6.24. The van der Waals surface area contributed by atoms with Crippen LogP contribution in [0.4, 0.5) is 26.3 Å². The van der Waals surface area contributed by atoms with E-state index in [2.05, 4.69) is 4.41 Å². The number of rotatable bonds is 6. The van der Waals surface area contributed by atoms with Gasteiger partial charge in [-0.25, -0.2) is 4.41 Å². The van der Waals surface area contributed by atoms with Crippen molar-refractivity contribution in [1.82, 2.24) is 0 Å². The topological polar surface area (TPSA) is 30.8 Å². The highest BCUT2D eigenvalue weighted by Gasteiger charge is 2.56. The standard InChI is InChI=1S/C14H26F6N2O2PSi/c1-26(2,3)21-25(23-10-13(15,16)17,24-11-14(18,19)20)22-7-4-12(5-8-22)6-9-22/h12H,4-11H2,1-3H3/q+1. The fourth-order valence-electron chi connectivity index (χ4n) is 3.54. The number of hydrogen-bond donors (Lipinski definition) is 0. The average molecular weight is 427 g/mol. The van der Waals surface area contributed by atoms with Gasteiger partial charge in [0, 0.05) is 19.3 Å².